The highest BCUT2D eigenvalue weighted by molar-refractivity contribution is 5.93. The zero-order valence-corrected chi connectivity index (χ0v) is 14.1. The van der Waals surface area contributed by atoms with Crippen molar-refractivity contribution in [3.8, 4) is 11.8 Å². The topological polar surface area (TPSA) is 82.6 Å². The molecule has 7 heteroatoms. The first-order valence-electron chi connectivity index (χ1n) is 8.22. The maximum atomic E-state index is 12.2. The summed E-state index contributed by atoms with van der Waals surface area (Å²) in [6.07, 6.45) is 5.38. The van der Waals surface area contributed by atoms with Crippen molar-refractivity contribution in [2.24, 2.45) is 0 Å². The van der Waals surface area contributed by atoms with E-state index in [2.05, 4.69) is 15.3 Å². The predicted molar refractivity (Wildman–Crippen MR) is 90.7 cm³/mol. The Kier molecular flexibility index (Phi) is 5.79. The van der Waals surface area contributed by atoms with E-state index in [0.717, 1.165) is 25.0 Å². The zero-order valence-electron chi connectivity index (χ0n) is 14.1. The van der Waals surface area contributed by atoms with E-state index in [0.29, 0.717) is 30.5 Å². The molecule has 2 aromatic heterocycles. The summed E-state index contributed by atoms with van der Waals surface area (Å²) in [6.45, 7) is 1.67. The van der Waals surface area contributed by atoms with Crippen LogP contribution in [0.5, 0.6) is 11.8 Å². The predicted octanol–water partition coefficient (Wildman–Crippen LogP) is 1.97. The number of nitrogens with zero attached hydrogens (tertiary/aromatic N) is 2. The Morgan fingerprint density at radius 3 is 2.96 bits per heavy atom. The van der Waals surface area contributed by atoms with Crippen LogP contribution < -0.4 is 14.8 Å². The molecular weight excluding hydrogens is 322 g/mol. The highest BCUT2D eigenvalue weighted by Gasteiger charge is 2.16. The van der Waals surface area contributed by atoms with Crippen molar-refractivity contribution in [3.05, 3.63) is 47.8 Å². The van der Waals surface area contributed by atoms with E-state index < -0.39 is 0 Å². The molecule has 1 atom stereocenters. The monoisotopic (exact) mass is 343 g/mol. The number of hydrogen-bond donors (Lipinski definition) is 1. The number of ether oxygens (including phenoxy) is 3. The third-order valence-corrected chi connectivity index (χ3v) is 3.90. The van der Waals surface area contributed by atoms with Gasteiger partial charge in [0.1, 0.15) is 6.61 Å². The van der Waals surface area contributed by atoms with E-state index in [1.165, 1.54) is 6.20 Å². The number of carbonyl (C=O) groups excluding carboxylic acids is 1. The molecule has 0 spiro atoms. The van der Waals surface area contributed by atoms with E-state index in [1.807, 2.05) is 6.07 Å². The van der Waals surface area contributed by atoms with Gasteiger partial charge in [0.25, 0.3) is 5.91 Å². The van der Waals surface area contributed by atoms with Crippen molar-refractivity contribution in [1.29, 1.82) is 0 Å². The van der Waals surface area contributed by atoms with Crippen LogP contribution in [0.15, 0.2) is 36.7 Å². The van der Waals surface area contributed by atoms with Crippen molar-refractivity contribution in [3.63, 3.8) is 0 Å². The van der Waals surface area contributed by atoms with Gasteiger partial charge in [-0.25, -0.2) is 9.97 Å². The fourth-order valence-electron chi connectivity index (χ4n) is 2.51. The first-order valence-corrected chi connectivity index (χ1v) is 8.22. The minimum absolute atomic E-state index is 0.141. The van der Waals surface area contributed by atoms with Crippen molar-refractivity contribution < 1.29 is 19.0 Å². The van der Waals surface area contributed by atoms with E-state index in [-0.39, 0.29) is 12.0 Å². The lowest BCUT2D eigenvalue weighted by molar-refractivity contribution is 0.0663. The Morgan fingerprint density at radius 2 is 2.24 bits per heavy atom. The summed E-state index contributed by atoms with van der Waals surface area (Å²) in [6, 6.07) is 6.99. The van der Waals surface area contributed by atoms with Crippen molar-refractivity contribution >= 4 is 5.91 Å². The van der Waals surface area contributed by atoms with E-state index in [1.54, 1.807) is 31.5 Å². The summed E-state index contributed by atoms with van der Waals surface area (Å²) >= 11 is 0. The molecule has 132 valence electrons. The van der Waals surface area contributed by atoms with Crippen molar-refractivity contribution in [2.45, 2.75) is 25.5 Å². The fraction of sp³-hybridized carbons (Fsp3) is 0.389. The van der Waals surface area contributed by atoms with Gasteiger partial charge in [-0.1, -0.05) is 0 Å². The lowest BCUT2D eigenvalue weighted by atomic mass is 10.2. The molecule has 2 aromatic rings. The van der Waals surface area contributed by atoms with Crippen molar-refractivity contribution in [2.75, 3.05) is 20.3 Å². The molecule has 1 N–H and O–H groups in total. The van der Waals surface area contributed by atoms with E-state index in [9.17, 15) is 4.79 Å². The maximum absolute atomic E-state index is 12.2. The number of hydrogen-bond acceptors (Lipinski definition) is 6. The molecular formula is C18H21N3O4. The highest BCUT2D eigenvalue weighted by Crippen LogP contribution is 2.14. The average Bonchev–Trinajstić information content (AvgIpc) is 3.18. The maximum Gasteiger partial charge on any atom is 0.253 e. The number of methoxy groups -OCH3 is 1. The summed E-state index contributed by atoms with van der Waals surface area (Å²) < 4.78 is 16.2. The Morgan fingerprint density at radius 1 is 1.32 bits per heavy atom. The molecule has 0 saturated carbocycles. The Hall–Kier alpha value is -2.67. The average molecular weight is 343 g/mol. The third-order valence-electron chi connectivity index (χ3n) is 3.90. The SMILES string of the molecule is COc1cc(CNC(=O)c2ccc(OC[C@@H]3CCCO3)nc2)ccn1. The smallest absolute Gasteiger partial charge is 0.253 e. The molecule has 1 aliphatic rings. The van der Waals surface area contributed by atoms with Gasteiger partial charge in [-0.15, -0.1) is 0 Å². The second kappa shape index (κ2) is 8.43. The summed E-state index contributed by atoms with van der Waals surface area (Å²) in [7, 11) is 1.55. The van der Waals surface area contributed by atoms with Gasteiger partial charge in [0.15, 0.2) is 0 Å². The molecule has 0 bridgehead atoms. The minimum Gasteiger partial charge on any atom is -0.481 e. The van der Waals surface area contributed by atoms with Gasteiger partial charge in [0.2, 0.25) is 11.8 Å². The zero-order chi connectivity index (χ0) is 17.5. The van der Waals surface area contributed by atoms with E-state index >= 15 is 0 Å². The number of amides is 1. The lowest BCUT2D eigenvalue weighted by Crippen LogP contribution is -2.23. The van der Waals surface area contributed by atoms with Crippen LogP contribution in [0.4, 0.5) is 0 Å². The van der Waals surface area contributed by atoms with Gasteiger partial charge in [-0.2, -0.15) is 0 Å². The number of nitrogens with one attached hydrogen (secondary N) is 1. The molecule has 1 aliphatic heterocycles. The number of carbonyl (C=O) groups is 1. The highest BCUT2D eigenvalue weighted by atomic mass is 16.5. The molecule has 1 amide bonds. The quantitative estimate of drug-likeness (QED) is 0.828. The van der Waals surface area contributed by atoms with Crippen molar-refractivity contribution in [1.82, 2.24) is 15.3 Å². The third kappa shape index (κ3) is 4.90. The molecule has 0 unspecified atom stereocenters. The molecule has 0 radical (unpaired) electrons. The number of pyridine rings is 2. The molecule has 7 nitrogen and oxygen atoms in total. The van der Waals surface area contributed by atoms with Gasteiger partial charge in [0, 0.05) is 37.7 Å². The first kappa shape index (κ1) is 17.2. The van der Waals surface area contributed by atoms with Crippen LogP contribution in [0.2, 0.25) is 0 Å². The second-order valence-electron chi connectivity index (χ2n) is 5.72. The van der Waals surface area contributed by atoms with Crippen LogP contribution in [-0.4, -0.2) is 42.3 Å². The van der Waals surface area contributed by atoms with Gasteiger partial charge in [0.05, 0.1) is 18.8 Å². The van der Waals surface area contributed by atoms with Crippen LogP contribution >= 0.6 is 0 Å². The minimum atomic E-state index is -0.200. The fourth-order valence-corrected chi connectivity index (χ4v) is 2.51. The molecule has 0 aromatic carbocycles. The summed E-state index contributed by atoms with van der Waals surface area (Å²) in [5, 5.41) is 2.84. The first-order chi connectivity index (χ1) is 12.2. The standard InChI is InChI=1S/C18H21N3O4/c1-23-17-9-13(6-7-19-17)10-21-18(22)14-4-5-16(20-11-14)25-12-15-3-2-8-24-15/h4-7,9,11,15H,2-3,8,10,12H2,1H3,(H,21,22)/t15-/m0/s1. The normalized spacial score (nSPS) is 16.4. The molecule has 1 fully saturated rings. The lowest BCUT2D eigenvalue weighted by Gasteiger charge is -2.11. The largest absolute Gasteiger partial charge is 0.481 e. The summed E-state index contributed by atoms with van der Waals surface area (Å²) in [5.41, 5.74) is 1.38. The van der Waals surface area contributed by atoms with Gasteiger partial charge in [-0.3, -0.25) is 4.79 Å². The molecule has 3 heterocycles. The second-order valence-corrected chi connectivity index (χ2v) is 5.72. The van der Waals surface area contributed by atoms with Crippen LogP contribution in [0, 0.1) is 0 Å². The number of aromatic nitrogens is 2. The van der Waals surface area contributed by atoms with Gasteiger partial charge in [-0.05, 0) is 30.5 Å². The molecule has 3 rings (SSSR count). The van der Waals surface area contributed by atoms with Crippen LogP contribution in [0.25, 0.3) is 0 Å². The molecule has 0 aliphatic carbocycles. The summed E-state index contributed by atoms with van der Waals surface area (Å²) in [4.78, 5) is 20.4. The van der Waals surface area contributed by atoms with Crippen LogP contribution in [0.3, 0.4) is 0 Å². The Bertz CT molecular complexity index is 700. The Balaban J connectivity index is 1.49. The Labute approximate surface area is 146 Å². The number of rotatable bonds is 7. The van der Waals surface area contributed by atoms with Crippen LogP contribution in [-0.2, 0) is 11.3 Å². The van der Waals surface area contributed by atoms with Gasteiger partial charge >= 0.3 is 0 Å². The van der Waals surface area contributed by atoms with Crippen LogP contribution in [0.1, 0.15) is 28.8 Å². The van der Waals surface area contributed by atoms with E-state index in [4.69, 9.17) is 14.2 Å². The summed E-state index contributed by atoms with van der Waals surface area (Å²) in [5.74, 6) is 0.807. The van der Waals surface area contributed by atoms with Gasteiger partial charge < -0.3 is 19.5 Å². The molecule has 1 saturated heterocycles. The molecule has 25 heavy (non-hydrogen) atoms.